The molecule has 0 bridgehead atoms. The summed E-state index contributed by atoms with van der Waals surface area (Å²) in [6.45, 7) is -0.178. The van der Waals surface area contributed by atoms with Crippen molar-refractivity contribution in [1.82, 2.24) is 0 Å². The number of hydrogen-bond acceptors (Lipinski definition) is 4. The first-order valence-corrected chi connectivity index (χ1v) is 9.15. The van der Waals surface area contributed by atoms with Crippen LogP contribution in [-0.4, -0.2) is 25.5 Å². The molecule has 6 nitrogen and oxygen atoms in total. The molecule has 148 valence electrons. The third-order valence-corrected chi connectivity index (χ3v) is 4.29. The Morgan fingerprint density at radius 2 is 1.62 bits per heavy atom. The second-order valence-electron chi connectivity index (χ2n) is 6.03. The summed E-state index contributed by atoms with van der Waals surface area (Å²) in [7, 11) is 1.57. The van der Waals surface area contributed by atoms with Gasteiger partial charge in [0.15, 0.2) is 6.61 Å². The highest BCUT2D eigenvalue weighted by atomic mass is 35.5. The van der Waals surface area contributed by atoms with Crippen molar-refractivity contribution in [3.8, 4) is 11.5 Å². The summed E-state index contributed by atoms with van der Waals surface area (Å²) in [6.07, 6.45) is 0. The molecule has 0 aliphatic rings. The molecule has 0 saturated heterocycles. The molecule has 0 heterocycles. The van der Waals surface area contributed by atoms with Gasteiger partial charge in [0.25, 0.3) is 11.8 Å². The van der Waals surface area contributed by atoms with Crippen LogP contribution in [0.3, 0.4) is 0 Å². The largest absolute Gasteiger partial charge is 0.497 e. The Labute approximate surface area is 173 Å². The van der Waals surface area contributed by atoms with Crippen LogP contribution in [0.15, 0.2) is 72.8 Å². The summed E-state index contributed by atoms with van der Waals surface area (Å²) in [5, 5.41) is 5.76. The summed E-state index contributed by atoms with van der Waals surface area (Å²) in [5.41, 5.74) is 1.30. The number of methoxy groups -OCH3 is 1. The van der Waals surface area contributed by atoms with Crippen molar-refractivity contribution in [2.75, 3.05) is 24.4 Å². The summed E-state index contributed by atoms with van der Waals surface area (Å²) in [6, 6.07) is 20.6. The van der Waals surface area contributed by atoms with Crippen molar-refractivity contribution in [3.05, 3.63) is 83.4 Å². The molecule has 3 aromatic carbocycles. The highest BCUT2D eigenvalue weighted by Crippen LogP contribution is 2.24. The molecule has 0 fully saturated rings. The van der Waals surface area contributed by atoms with Gasteiger partial charge in [-0.1, -0.05) is 29.8 Å². The second-order valence-corrected chi connectivity index (χ2v) is 6.43. The Bertz CT molecular complexity index is 991. The Hall–Kier alpha value is -3.51. The van der Waals surface area contributed by atoms with Gasteiger partial charge in [0.2, 0.25) is 0 Å². The quantitative estimate of drug-likeness (QED) is 0.596. The van der Waals surface area contributed by atoms with Crippen LogP contribution in [0.1, 0.15) is 10.4 Å². The number of para-hydroxylation sites is 1. The van der Waals surface area contributed by atoms with E-state index in [1.807, 2.05) is 18.2 Å². The normalized spacial score (nSPS) is 10.1. The highest BCUT2D eigenvalue weighted by molar-refractivity contribution is 6.34. The van der Waals surface area contributed by atoms with Crippen LogP contribution in [0.25, 0.3) is 0 Å². The van der Waals surface area contributed by atoms with Crippen LogP contribution in [-0.2, 0) is 4.79 Å². The molecule has 0 unspecified atom stereocenters. The lowest BCUT2D eigenvalue weighted by molar-refractivity contribution is -0.118. The summed E-state index contributed by atoms with van der Waals surface area (Å²) >= 11 is 6.15. The number of anilines is 2. The molecule has 0 saturated carbocycles. The Kier molecular flexibility index (Phi) is 6.71. The average Bonchev–Trinajstić information content (AvgIpc) is 2.75. The number of carbonyl (C=O) groups is 2. The van der Waals surface area contributed by atoms with E-state index >= 15 is 0 Å². The van der Waals surface area contributed by atoms with E-state index in [4.69, 9.17) is 21.1 Å². The number of halogens is 1. The lowest BCUT2D eigenvalue weighted by atomic mass is 10.1. The van der Waals surface area contributed by atoms with Gasteiger partial charge in [-0.3, -0.25) is 9.59 Å². The first kappa shape index (κ1) is 20.2. The minimum atomic E-state index is -0.386. The monoisotopic (exact) mass is 410 g/mol. The molecule has 0 radical (unpaired) electrons. The molecule has 0 atom stereocenters. The van der Waals surface area contributed by atoms with E-state index in [-0.39, 0.29) is 18.4 Å². The maximum absolute atomic E-state index is 12.5. The molecule has 2 amide bonds. The first-order chi connectivity index (χ1) is 14.0. The predicted octanol–water partition coefficient (Wildman–Crippen LogP) is 4.62. The summed E-state index contributed by atoms with van der Waals surface area (Å²) < 4.78 is 10.5. The second kappa shape index (κ2) is 9.61. The lowest BCUT2D eigenvalue weighted by Gasteiger charge is -2.11. The van der Waals surface area contributed by atoms with E-state index in [1.165, 1.54) is 6.07 Å². The molecule has 2 N–H and O–H groups in total. The lowest BCUT2D eigenvalue weighted by Crippen LogP contribution is -2.21. The zero-order valence-electron chi connectivity index (χ0n) is 15.6. The molecule has 0 aliphatic heterocycles. The molecule has 7 heteroatoms. The van der Waals surface area contributed by atoms with E-state index in [0.717, 1.165) is 0 Å². The van der Waals surface area contributed by atoms with Gasteiger partial charge in [-0.15, -0.1) is 0 Å². The van der Waals surface area contributed by atoms with E-state index in [2.05, 4.69) is 10.6 Å². The van der Waals surface area contributed by atoms with Crippen LogP contribution < -0.4 is 20.1 Å². The fourth-order valence-electron chi connectivity index (χ4n) is 2.49. The fraction of sp³-hybridized carbons (Fsp3) is 0.0909. The van der Waals surface area contributed by atoms with Crippen LogP contribution in [0.5, 0.6) is 11.5 Å². The number of ether oxygens (including phenoxy) is 2. The highest BCUT2D eigenvalue weighted by Gasteiger charge is 2.12. The smallest absolute Gasteiger partial charge is 0.262 e. The van der Waals surface area contributed by atoms with Crippen LogP contribution in [0, 0.1) is 0 Å². The summed E-state index contributed by atoms with van der Waals surface area (Å²) in [4.78, 5) is 24.7. The number of amides is 2. The van der Waals surface area contributed by atoms with E-state index < -0.39 is 0 Å². The summed E-state index contributed by atoms with van der Waals surface area (Å²) in [5.74, 6) is 0.560. The van der Waals surface area contributed by atoms with Crippen molar-refractivity contribution in [2.24, 2.45) is 0 Å². The van der Waals surface area contributed by atoms with E-state index in [0.29, 0.717) is 33.5 Å². The van der Waals surface area contributed by atoms with Crippen LogP contribution in [0.2, 0.25) is 5.02 Å². The molecule has 0 aliphatic carbocycles. The van der Waals surface area contributed by atoms with E-state index in [9.17, 15) is 9.59 Å². The maximum atomic E-state index is 12.5. The molecule has 0 spiro atoms. The Morgan fingerprint density at radius 1 is 0.897 bits per heavy atom. The number of benzene rings is 3. The maximum Gasteiger partial charge on any atom is 0.262 e. The minimum Gasteiger partial charge on any atom is -0.497 e. The molecular formula is C22H19ClN2O4. The zero-order chi connectivity index (χ0) is 20.6. The minimum absolute atomic E-state index is 0.178. The van der Waals surface area contributed by atoms with Crippen molar-refractivity contribution in [2.45, 2.75) is 0 Å². The van der Waals surface area contributed by atoms with Gasteiger partial charge >= 0.3 is 0 Å². The first-order valence-electron chi connectivity index (χ1n) is 8.78. The zero-order valence-corrected chi connectivity index (χ0v) is 16.4. The fourth-order valence-corrected chi connectivity index (χ4v) is 2.66. The van der Waals surface area contributed by atoms with Gasteiger partial charge in [-0.2, -0.15) is 0 Å². The third kappa shape index (κ3) is 5.73. The van der Waals surface area contributed by atoms with Crippen molar-refractivity contribution in [1.29, 1.82) is 0 Å². The van der Waals surface area contributed by atoms with Gasteiger partial charge < -0.3 is 20.1 Å². The predicted molar refractivity (Wildman–Crippen MR) is 113 cm³/mol. The number of carbonyl (C=O) groups excluding carboxylic acids is 2. The van der Waals surface area contributed by atoms with E-state index in [1.54, 1.807) is 55.6 Å². The topological polar surface area (TPSA) is 76.7 Å². The van der Waals surface area contributed by atoms with Crippen molar-refractivity contribution >= 4 is 34.8 Å². The molecular weight excluding hydrogens is 392 g/mol. The molecule has 0 aromatic heterocycles. The average molecular weight is 411 g/mol. The number of hydrogen-bond donors (Lipinski definition) is 2. The van der Waals surface area contributed by atoms with Crippen molar-refractivity contribution < 1.29 is 19.1 Å². The van der Waals surface area contributed by atoms with Crippen LogP contribution >= 0.6 is 11.6 Å². The number of nitrogens with one attached hydrogen (secondary N) is 2. The van der Waals surface area contributed by atoms with Gasteiger partial charge in [0.05, 0.1) is 17.8 Å². The van der Waals surface area contributed by atoms with Gasteiger partial charge in [-0.05, 0) is 54.6 Å². The molecule has 3 rings (SSSR count). The van der Waals surface area contributed by atoms with Crippen molar-refractivity contribution in [3.63, 3.8) is 0 Å². The Balaban J connectivity index is 1.63. The Morgan fingerprint density at radius 3 is 2.31 bits per heavy atom. The molecule has 3 aromatic rings. The standard InChI is InChI=1S/C22H19ClN2O4/c1-28-17-10-8-16(9-11-17)24-22(27)15-7-12-19(23)20(13-15)25-21(26)14-29-18-5-3-2-4-6-18/h2-13H,14H2,1H3,(H,24,27)(H,25,26). The van der Waals surface area contributed by atoms with Gasteiger partial charge in [-0.25, -0.2) is 0 Å². The number of rotatable bonds is 7. The SMILES string of the molecule is COc1ccc(NC(=O)c2ccc(Cl)c(NC(=O)COc3ccccc3)c2)cc1. The van der Waals surface area contributed by atoms with Gasteiger partial charge in [0.1, 0.15) is 11.5 Å². The van der Waals surface area contributed by atoms with Crippen LogP contribution in [0.4, 0.5) is 11.4 Å². The van der Waals surface area contributed by atoms with Gasteiger partial charge in [0, 0.05) is 11.3 Å². The molecule has 29 heavy (non-hydrogen) atoms. The third-order valence-electron chi connectivity index (χ3n) is 3.96.